The molecule has 0 amide bonds. The number of aromatic amines is 1. The van der Waals surface area contributed by atoms with E-state index in [1.165, 1.54) is 32.4 Å². The fraction of sp³-hybridized carbons (Fsp3) is 0.615. The maximum atomic E-state index is 4.48. The Morgan fingerprint density at radius 2 is 2.05 bits per heavy atom. The van der Waals surface area contributed by atoms with Crippen molar-refractivity contribution in [2.45, 2.75) is 25.3 Å². The summed E-state index contributed by atoms with van der Waals surface area (Å²) in [5, 5.41) is 0. The summed E-state index contributed by atoms with van der Waals surface area (Å²) in [6.45, 7) is 4.63. The smallest absolute Gasteiger partial charge is 0.182 e. The Morgan fingerprint density at radius 3 is 3.05 bits per heavy atom. The number of anilines is 1. The molecule has 0 spiro atoms. The zero-order chi connectivity index (χ0) is 12.7. The zero-order valence-electron chi connectivity index (χ0n) is 10.9. The minimum Gasteiger partial charge on any atom is -0.353 e. The molecule has 0 bridgehead atoms. The van der Waals surface area contributed by atoms with Crippen LogP contribution in [0.2, 0.25) is 0 Å². The van der Waals surface area contributed by atoms with Gasteiger partial charge in [0.1, 0.15) is 11.8 Å². The van der Waals surface area contributed by atoms with E-state index in [1.807, 2.05) is 0 Å². The predicted molar refractivity (Wildman–Crippen MR) is 73.1 cm³/mol. The summed E-state index contributed by atoms with van der Waals surface area (Å²) < 4.78 is 0. The number of fused-ring (bicyclic) bond motifs is 2. The number of aromatic nitrogens is 4. The van der Waals surface area contributed by atoms with E-state index in [0.29, 0.717) is 6.04 Å². The highest BCUT2D eigenvalue weighted by Crippen LogP contribution is 2.26. The van der Waals surface area contributed by atoms with E-state index in [2.05, 4.69) is 29.7 Å². The molecule has 2 aliphatic heterocycles. The van der Waals surface area contributed by atoms with Gasteiger partial charge in [-0.15, -0.1) is 0 Å². The van der Waals surface area contributed by atoms with Gasteiger partial charge in [0.15, 0.2) is 11.5 Å². The molecule has 0 saturated carbocycles. The number of nitrogens with one attached hydrogen (secondary N) is 1. The number of hydrogen-bond acceptors (Lipinski definition) is 5. The van der Waals surface area contributed by atoms with E-state index >= 15 is 0 Å². The predicted octanol–water partition coefficient (Wildman–Crippen LogP) is 1.03. The normalized spacial score (nSPS) is 24.6. The van der Waals surface area contributed by atoms with Crippen LogP contribution in [0.4, 0.5) is 5.82 Å². The molecule has 19 heavy (non-hydrogen) atoms. The first kappa shape index (κ1) is 11.2. The Hall–Kier alpha value is -1.69. The van der Waals surface area contributed by atoms with Crippen molar-refractivity contribution >= 4 is 17.0 Å². The van der Waals surface area contributed by atoms with Crippen LogP contribution in [0.1, 0.15) is 19.3 Å². The van der Waals surface area contributed by atoms with Gasteiger partial charge < -0.3 is 9.88 Å². The second-order valence-corrected chi connectivity index (χ2v) is 5.43. The number of H-pyrrole nitrogens is 1. The third-order valence-electron chi connectivity index (χ3n) is 4.31. The Labute approximate surface area is 111 Å². The average molecular weight is 258 g/mol. The largest absolute Gasteiger partial charge is 0.353 e. The number of rotatable bonds is 1. The average Bonchev–Trinajstić information content (AvgIpc) is 3.03. The first-order valence-electron chi connectivity index (χ1n) is 7.05. The van der Waals surface area contributed by atoms with E-state index < -0.39 is 0 Å². The van der Waals surface area contributed by atoms with Crippen LogP contribution in [0.3, 0.4) is 0 Å². The summed E-state index contributed by atoms with van der Waals surface area (Å²) in [6.07, 6.45) is 7.17. The first-order valence-corrected chi connectivity index (χ1v) is 7.05. The molecule has 6 nitrogen and oxygen atoms in total. The van der Waals surface area contributed by atoms with Crippen molar-refractivity contribution in [2.24, 2.45) is 0 Å². The molecule has 100 valence electrons. The van der Waals surface area contributed by atoms with Gasteiger partial charge in [-0.05, 0) is 25.8 Å². The monoisotopic (exact) mass is 258 g/mol. The van der Waals surface area contributed by atoms with E-state index in [0.717, 1.165) is 30.1 Å². The van der Waals surface area contributed by atoms with Crippen LogP contribution in [0.25, 0.3) is 11.2 Å². The highest BCUT2D eigenvalue weighted by Gasteiger charge is 2.29. The van der Waals surface area contributed by atoms with Gasteiger partial charge in [-0.1, -0.05) is 0 Å². The van der Waals surface area contributed by atoms with Gasteiger partial charge in [0, 0.05) is 25.7 Å². The van der Waals surface area contributed by atoms with Crippen molar-refractivity contribution in [2.75, 3.05) is 31.1 Å². The lowest BCUT2D eigenvalue weighted by molar-refractivity contribution is 0.273. The van der Waals surface area contributed by atoms with Gasteiger partial charge in [0.05, 0.1) is 6.33 Å². The zero-order valence-corrected chi connectivity index (χ0v) is 10.9. The molecule has 1 N–H and O–H groups in total. The van der Waals surface area contributed by atoms with Crippen LogP contribution >= 0.6 is 0 Å². The molecule has 6 heteroatoms. The van der Waals surface area contributed by atoms with Crippen molar-refractivity contribution in [3.8, 4) is 0 Å². The lowest BCUT2D eigenvalue weighted by Crippen LogP contribution is -2.37. The number of imidazole rings is 1. The van der Waals surface area contributed by atoms with E-state index in [4.69, 9.17) is 0 Å². The van der Waals surface area contributed by atoms with E-state index in [9.17, 15) is 0 Å². The van der Waals surface area contributed by atoms with Crippen LogP contribution in [0.5, 0.6) is 0 Å². The summed E-state index contributed by atoms with van der Waals surface area (Å²) in [5.41, 5.74) is 1.73. The minimum absolute atomic E-state index is 0.690. The second-order valence-electron chi connectivity index (χ2n) is 5.43. The van der Waals surface area contributed by atoms with Crippen LogP contribution in [0.15, 0.2) is 12.7 Å². The SMILES string of the molecule is c1nc(N2CCCN3CCC[C@@H]3C2)c2[nH]cnc2n1. The Morgan fingerprint density at radius 1 is 1.11 bits per heavy atom. The molecule has 0 aromatic carbocycles. The van der Waals surface area contributed by atoms with Gasteiger partial charge in [0.2, 0.25) is 0 Å². The third-order valence-corrected chi connectivity index (χ3v) is 4.31. The van der Waals surface area contributed by atoms with Crippen molar-refractivity contribution in [1.29, 1.82) is 0 Å². The van der Waals surface area contributed by atoms with Crippen LogP contribution in [-0.4, -0.2) is 57.1 Å². The lowest BCUT2D eigenvalue weighted by atomic mass is 10.2. The summed E-state index contributed by atoms with van der Waals surface area (Å²) in [5.74, 6) is 1.01. The molecule has 2 saturated heterocycles. The van der Waals surface area contributed by atoms with Crippen LogP contribution in [-0.2, 0) is 0 Å². The molecular weight excluding hydrogens is 240 g/mol. The van der Waals surface area contributed by atoms with Crippen molar-refractivity contribution in [3.63, 3.8) is 0 Å². The highest BCUT2D eigenvalue weighted by molar-refractivity contribution is 5.82. The quantitative estimate of drug-likeness (QED) is 0.827. The molecule has 2 aromatic heterocycles. The van der Waals surface area contributed by atoms with Gasteiger partial charge >= 0.3 is 0 Å². The summed E-state index contributed by atoms with van der Waals surface area (Å²) in [7, 11) is 0. The molecule has 4 rings (SSSR count). The minimum atomic E-state index is 0.690. The third kappa shape index (κ3) is 1.87. The molecule has 1 atom stereocenters. The molecule has 2 aromatic rings. The van der Waals surface area contributed by atoms with Gasteiger partial charge in [-0.2, -0.15) is 0 Å². The highest BCUT2D eigenvalue weighted by atomic mass is 15.3. The fourth-order valence-corrected chi connectivity index (χ4v) is 3.39. The maximum Gasteiger partial charge on any atom is 0.182 e. The molecule has 0 aliphatic carbocycles. The van der Waals surface area contributed by atoms with Gasteiger partial charge in [-0.3, -0.25) is 4.90 Å². The number of hydrogen-bond donors (Lipinski definition) is 1. The van der Waals surface area contributed by atoms with E-state index in [-0.39, 0.29) is 0 Å². The van der Waals surface area contributed by atoms with Crippen LogP contribution in [0, 0.1) is 0 Å². The molecule has 0 radical (unpaired) electrons. The summed E-state index contributed by atoms with van der Waals surface area (Å²) in [6, 6.07) is 0.690. The molecule has 4 heterocycles. The standard InChI is InChI=1S/C13H18N6/c1-3-10-7-19(6-2-5-18(10)4-1)13-11-12(15-8-14-11)16-9-17-13/h8-10H,1-7H2,(H,14,15,16,17)/t10-/m1/s1. The van der Waals surface area contributed by atoms with Gasteiger partial charge in [0.25, 0.3) is 0 Å². The Kier molecular flexibility index (Phi) is 2.61. The summed E-state index contributed by atoms with van der Waals surface area (Å²) >= 11 is 0. The molecular formula is C13H18N6. The van der Waals surface area contributed by atoms with Gasteiger partial charge in [-0.25, -0.2) is 15.0 Å². The van der Waals surface area contributed by atoms with E-state index in [1.54, 1.807) is 12.7 Å². The topological polar surface area (TPSA) is 60.9 Å². The number of nitrogens with zero attached hydrogens (tertiary/aromatic N) is 5. The maximum absolute atomic E-state index is 4.48. The first-order chi connectivity index (χ1) is 9.42. The van der Waals surface area contributed by atoms with Crippen molar-refractivity contribution in [3.05, 3.63) is 12.7 Å². The van der Waals surface area contributed by atoms with Crippen molar-refractivity contribution in [1.82, 2.24) is 24.8 Å². The summed E-state index contributed by atoms with van der Waals surface area (Å²) in [4.78, 5) is 21.1. The van der Waals surface area contributed by atoms with Crippen molar-refractivity contribution < 1.29 is 0 Å². The molecule has 2 aliphatic rings. The Balaban J connectivity index is 1.69. The van der Waals surface area contributed by atoms with Crippen LogP contribution < -0.4 is 4.90 Å². The molecule has 0 unspecified atom stereocenters. The molecule has 2 fully saturated rings. The lowest BCUT2D eigenvalue weighted by Gasteiger charge is -2.26. The Bertz CT molecular complexity index is 579. The fourth-order valence-electron chi connectivity index (χ4n) is 3.39. The second kappa shape index (κ2) is 4.45.